The van der Waals surface area contributed by atoms with Crippen LogP contribution < -0.4 is 4.83 Å². The molecule has 0 aliphatic heterocycles. The van der Waals surface area contributed by atoms with E-state index in [-0.39, 0.29) is 0 Å². The molecule has 3 nitrogen and oxygen atoms in total. The predicted molar refractivity (Wildman–Crippen MR) is 41.2 cm³/mol. The van der Waals surface area contributed by atoms with Crippen LogP contribution >= 0.6 is 11.9 Å². The van der Waals surface area contributed by atoms with Gasteiger partial charge in [0, 0.05) is 16.8 Å². The first-order valence-electron chi connectivity index (χ1n) is 2.73. The molecule has 4 heteroatoms. The van der Waals surface area contributed by atoms with E-state index in [2.05, 4.69) is 10.1 Å². The molecular weight excluding hydrogens is 148 g/mol. The summed E-state index contributed by atoms with van der Waals surface area (Å²) in [6, 6.07) is 9.49. The van der Waals surface area contributed by atoms with Crippen molar-refractivity contribution in [3.63, 3.8) is 0 Å². The zero-order valence-corrected chi connectivity index (χ0v) is 5.97. The van der Waals surface area contributed by atoms with Gasteiger partial charge in [0.15, 0.2) is 0 Å². The second-order valence-corrected chi connectivity index (χ2v) is 2.46. The molecule has 0 amide bonds. The molecule has 10 heavy (non-hydrogen) atoms. The molecule has 0 fully saturated rings. The Morgan fingerprint density at radius 1 is 1.30 bits per heavy atom. The number of nitrogens with one attached hydrogen (secondary N) is 1. The number of benzene rings is 1. The summed E-state index contributed by atoms with van der Waals surface area (Å²) in [7, 11) is 0. The van der Waals surface area contributed by atoms with Crippen LogP contribution in [-0.2, 0) is 0 Å². The molecule has 1 aromatic rings. The monoisotopic (exact) mass is 154 g/mol. The van der Waals surface area contributed by atoms with Gasteiger partial charge in [-0.15, -0.1) is 4.91 Å². The van der Waals surface area contributed by atoms with E-state index in [0.29, 0.717) is 0 Å². The molecule has 0 aliphatic rings. The van der Waals surface area contributed by atoms with Crippen molar-refractivity contribution in [2.24, 2.45) is 5.29 Å². The van der Waals surface area contributed by atoms with Gasteiger partial charge in [-0.05, 0) is 12.1 Å². The average Bonchev–Trinajstić information content (AvgIpc) is 2.03. The second-order valence-electron chi connectivity index (χ2n) is 1.60. The van der Waals surface area contributed by atoms with Crippen LogP contribution in [0.1, 0.15) is 0 Å². The molecule has 0 radical (unpaired) electrons. The zero-order valence-electron chi connectivity index (χ0n) is 5.15. The topological polar surface area (TPSA) is 41.5 Å². The smallest absolute Gasteiger partial charge is 0.0610 e. The van der Waals surface area contributed by atoms with Crippen LogP contribution in [0, 0.1) is 4.91 Å². The van der Waals surface area contributed by atoms with Gasteiger partial charge in [0.25, 0.3) is 0 Å². The van der Waals surface area contributed by atoms with Gasteiger partial charge in [-0.2, -0.15) is 0 Å². The highest BCUT2D eigenvalue weighted by molar-refractivity contribution is 7.97. The van der Waals surface area contributed by atoms with Gasteiger partial charge < -0.3 is 0 Å². The lowest BCUT2D eigenvalue weighted by Gasteiger charge is -1.93. The molecule has 1 N–H and O–H groups in total. The summed E-state index contributed by atoms with van der Waals surface area (Å²) in [6.45, 7) is 0. The second kappa shape index (κ2) is 3.90. The Labute approximate surface area is 62.9 Å². The average molecular weight is 154 g/mol. The molecule has 0 saturated carbocycles. The van der Waals surface area contributed by atoms with Crippen molar-refractivity contribution < 1.29 is 0 Å². The third-order valence-corrected chi connectivity index (χ3v) is 1.62. The van der Waals surface area contributed by atoms with Gasteiger partial charge in [-0.3, -0.25) is 0 Å². The molecule has 0 heterocycles. The van der Waals surface area contributed by atoms with Crippen LogP contribution in [-0.4, -0.2) is 0 Å². The van der Waals surface area contributed by atoms with Gasteiger partial charge >= 0.3 is 0 Å². The minimum atomic E-state index is 0.974. The SMILES string of the molecule is O=NNSc1ccccc1. The fraction of sp³-hybridized carbons (Fsp3) is 0. The summed E-state index contributed by atoms with van der Waals surface area (Å²) < 4.78 is 0. The Morgan fingerprint density at radius 3 is 2.60 bits per heavy atom. The third-order valence-electron chi connectivity index (χ3n) is 0.944. The molecule has 1 rings (SSSR count). The van der Waals surface area contributed by atoms with Crippen molar-refractivity contribution in [3.05, 3.63) is 35.2 Å². The van der Waals surface area contributed by atoms with E-state index in [9.17, 15) is 4.91 Å². The minimum Gasteiger partial charge on any atom is -0.211 e. The van der Waals surface area contributed by atoms with E-state index in [4.69, 9.17) is 0 Å². The van der Waals surface area contributed by atoms with E-state index in [1.165, 1.54) is 11.9 Å². The first-order valence-corrected chi connectivity index (χ1v) is 3.54. The van der Waals surface area contributed by atoms with Gasteiger partial charge in [0.2, 0.25) is 0 Å². The van der Waals surface area contributed by atoms with Crippen molar-refractivity contribution in [2.45, 2.75) is 4.90 Å². The standard InChI is InChI=1S/C6H6N2OS/c9-7-8-10-6-4-2-1-3-5-6/h1-5H,(H,8,9). The quantitative estimate of drug-likeness (QED) is 0.411. The zero-order chi connectivity index (χ0) is 7.23. The van der Waals surface area contributed by atoms with E-state index >= 15 is 0 Å². The number of hydrogen-bond donors (Lipinski definition) is 1. The highest BCUT2D eigenvalue weighted by Gasteiger charge is 1.87. The lowest BCUT2D eigenvalue weighted by atomic mass is 10.4. The van der Waals surface area contributed by atoms with E-state index in [1.54, 1.807) is 0 Å². The largest absolute Gasteiger partial charge is 0.211 e. The molecule has 0 unspecified atom stereocenters. The van der Waals surface area contributed by atoms with E-state index in [1.807, 2.05) is 30.3 Å². The molecule has 0 aliphatic carbocycles. The van der Waals surface area contributed by atoms with Crippen molar-refractivity contribution in [1.29, 1.82) is 0 Å². The van der Waals surface area contributed by atoms with Crippen LogP contribution in [0.5, 0.6) is 0 Å². The van der Waals surface area contributed by atoms with Crippen LogP contribution in [0.2, 0.25) is 0 Å². The summed E-state index contributed by atoms with van der Waals surface area (Å²) >= 11 is 1.19. The molecule has 0 saturated heterocycles. The Morgan fingerprint density at radius 2 is 2.00 bits per heavy atom. The highest BCUT2D eigenvalue weighted by Crippen LogP contribution is 2.11. The van der Waals surface area contributed by atoms with Gasteiger partial charge in [-0.25, -0.2) is 4.83 Å². The normalized spacial score (nSPS) is 8.80. The number of hydrogen-bond acceptors (Lipinski definition) is 3. The Hall–Kier alpha value is -1.03. The number of nitroso groups, excluding NO2 is 1. The summed E-state index contributed by atoms with van der Waals surface area (Å²) in [6.07, 6.45) is 0. The first-order chi connectivity index (χ1) is 4.93. The minimum absolute atomic E-state index is 0.974. The summed E-state index contributed by atoms with van der Waals surface area (Å²) in [4.78, 5) is 12.8. The van der Waals surface area contributed by atoms with Crippen molar-refractivity contribution >= 4 is 11.9 Å². The van der Waals surface area contributed by atoms with Crippen LogP contribution in [0.3, 0.4) is 0 Å². The van der Waals surface area contributed by atoms with Crippen LogP contribution in [0.25, 0.3) is 0 Å². The third kappa shape index (κ3) is 2.06. The lowest BCUT2D eigenvalue weighted by molar-refractivity contribution is 1.09. The van der Waals surface area contributed by atoms with Gasteiger partial charge in [0.1, 0.15) is 0 Å². The van der Waals surface area contributed by atoms with Crippen LogP contribution in [0.4, 0.5) is 0 Å². The van der Waals surface area contributed by atoms with Crippen LogP contribution in [0.15, 0.2) is 40.5 Å². The fourth-order valence-electron chi connectivity index (χ4n) is 0.560. The van der Waals surface area contributed by atoms with E-state index in [0.717, 1.165) is 4.90 Å². The first kappa shape index (κ1) is 7.08. The lowest BCUT2D eigenvalue weighted by Crippen LogP contribution is -1.87. The van der Waals surface area contributed by atoms with Crippen molar-refractivity contribution in [1.82, 2.24) is 4.83 Å². The van der Waals surface area contributed by atoms with Crippen molar-refractivity contribution in [3.8, 4) is 0 Å². The molecular formula is C6H6N2OS. The summed E-state index contributed by atoms with van der Waals surface area (Å²) in [5, 5.41) is 2.49. The Kier molecular flexibility index (Phi) is 2.76. The van der Waals surface area contributed by atoms with Gasteiger partial charge in [0.05, 0.1) is 5.29 Å². The van der Waals surface area contributed by atoms with E-state index < -0.39 is 0 Å². The molecule has 52 valence electrons. The van der Waals surface area contributed by atoms with Gasteiger partial charge in [-0.1, -0.05) is 18.2 Å². The predicted octanol–water partition coefficient (Wildman–Crippen LogP) is 1.96. The molecule has 0 aromatic heterocycles. The number of rotatable bonds is 3. The maximum atomic E-state index is 9.60. The molecule has 0 spiro atoms. The maximum Gasteiger partial charge on any atom is 0.0610 e. The summed E-state index contributed by atoms with van der Waals surface area (Å²) in [5.41, 5.74) is 0. The van der Waals surface area contributed by atoms with Crippen molar-refractivity contribution in [2.75, 3.05) is 0 Å². The highest BCUT2D eigenvalue weighted by atomic mass is 32.2. The maximum absolute atomic E-state index is 9.60. The molecule has 0 bridgehead atoms. The summed E-state index contributed by atoms with van der Waals surface area (Å²) in [5.74, 6) is 0. The molecule has 1 aromatic carbocycles. The molecule has 0 atom stereocenters. The Bertz CT molecular complexity index is 202. The number of nitrogens with zero attached hydrogens (tertiary/aromatic N) is 1. The fourth-order valence-corrected chi connectivity index (χ4v) is 0.996. The Balaban J connectivity index is 2.50.